The molecule has 2 aromatic carbocycles. The van der Waals surface area contributed by atoms with Crippen molar-refractivity contribution in [2.45, 2.75) is 20.8 Å². The minimum atomic E-state index is 0.0392. The molecule has 0 radical (unpaired) electrons. The summed E-state index contributed by atoms with van der Waals surface area (Å²) in [6.45, 7) is 5.08. The Balaban J connectivity index is 0.000000263. The van der Waals surface area contributed by atoms with E-state index < -0.39 is 0 Å². The van der Waals surface area contributed by atoms with Crippen molar-refractivity contribution < 1.29 is 9.59 Å². The number of hydrogen-bond acceptors (Lipinski definition) is 2. The number of rotatable bonds is 3. The lowest BCUT2D eigenvalue weighted by atomic mass is 10.2. The lowest BCUT2D eigenvalue weighted by molar-refractivity contribution is -0.117. The molecule has 0 aliphatic carbocycles. The zero-order valence-electron chi connectivity index (χ0n) is 15.9. The van der Waals surface area contributed by atoms with Crippen LogP contribution in [0.3, 0.4) is 0 Å². The fraction of sp³-hybridized carbons (Fsp3) is 0.238. The summed E-state index contributed by atoms with van der Waals surface area (Å²) in [7, 11) is 3.53. The van der Waals surface area contributed by atoms with Gasteiger partial charge in [0, 0.05) is 43.8 Å². The Morgan fingerprint density at radius 1 is 0.808 bits per heavy atom. The topological polar surface area (TPSA) is 40.6 Å². The molecule has 4 nitrogen and oxygen atoms in total. The highest BCUT2D eigenvalue weighted by atomic mass is 79.9. The Bertz CT molecular complexity index is 753. The molecule has 2 rings (SSSR count). The average Bonchev–Trinajstić information content (AvgIpc) is 2.62. The standard InChI is InChI=1S/C12H15NO.C9H10BrNO/c1-4-5-11-6-8-12(9-7-11)13(3)10(2)14;1-7(12)11(2)9-5-3-8(10)4-6-9/h4-9H,1-3H3;3-6H,1-2H3/b5-4+;. The Morgan fingerprint density at radius 2 is 1.19 bits per heavy atom. The molecule has 0 saturated carbocycles. The van der Waals surface area contributed by atoms with Crippen LogP contribution in [0.15, 0.2) is 59.1 Å². The summed E-state index contributed by atoms with van der Waals surface area (Å²) >= 11 is 3.33. The maximum atomic E-state index is 11.1. The molecular formula is C21H25BrN2O2. The Morgan fingerprint density at radius 3 is 1.54 bits per heavy atom. The lowest BCUT2D eigenvalue weighted by Gasteiger charge is -2.14. The number of anilines is 2. The number of nitrogens with zero attached hydrogens (tertiary/aromatic N) is 2. The van der Waals surface area contributed by atoms with E-state index in [0.717, 1.165) is 21.4 Å². The van der Waals surface area contributed by atoms with Crippen molar-refractivity contribution >= 4 is 45.2 Å². The highest BCUT2D eigenvalue weighted by molar-refractivity contribution is 9.10. The van der Waals surface area contributed by atoms with Crippen molar-refractivity contribution in [2.75, 3.05) is 23.9 Å². The van der Waals surface area contributed by atoms with E-state index in [9.17, 15) is 9.59 Å². The first-order valence-electron chi connectivity index (χ1n) is 8.23. The summed E-state index contributed by atoms with van der Waals surface area (Å²) in [6, 6.07) is 15.5. The van der Waals surface area contributed by atoms with Crippen LogP contribution in [-0.4, -0.2) is 25.9 Å². The van der Waals surface area contributed by atoms with Crippen LogP contribution in [-0.2, 0) is 9.59 Å². The summed E-state index contributed by atoms with van der Waals surface area (Å²) in [5.74, 6) is 0.0844. The van der Waals surface area contributed by atoms with Crippen molar-refractivity contribution in [3.05, 3.63) is 64.6 Å². The van der Waals surface area contributed by atoms with Gasteiger partial charge < -0.3 is 9.80 Å². The van der Waals surface area contributed by atoms with Gasteiger partial charge in [0.05, 0.1) is 0 Å². The molecule has 0 heterocycles. The largest absolute Gasteiger partial charge is 0.316 e. The quantitative estimate of drug-likeness (QED) is 0.695. The monoisotopic (exact) mass is 416 g/mol. The first kappa shape index (κ1) is 21.6. The minimum absolute atomic E-state index is 0.0392. The molecule has 0 aromatic heterocycles. The summed E-state index contributed by atoms with van der Waals surface area (Å²) in [5, 5.41) is 0. The van der Waals surface area contributed by atoms with E-state index in [-0.39, 0.29) is 11.8 Å². The fourth-order valence-corrected chi connectivity index (χ4v) is 2.29. The van der Waals surface area contributed by atoms with E-state index >= 15 is 0 Å². The molecule has 0 bridgehead atoms. The molecular weight excluding hydrogens is 392 g/mol. The molecule has 2 amide bonds. The maximum absolute atomic E-state index is 11.1. The number of carbonyl (C=O) groups excluding carboxylic acids is 2. The van der Waals surface area contributed by atoms with Crippen LogP contribution in [0.5, 0.6) is 0 Å². The highest BCUT2D eigenvalue weighted by Gasteiger charge is 2.04. The van der Waals surface area contributed by atoms with Crippen LogP contribution in [0, 0.1) is 0 Å². The lowest BCUT2D eigenvalue weighted by Crippen LogP contribution is -2.22. The molecule has 0 aliphatic heterocycles. The average molecular weight is 417 g/mol. The van der Waals surface area contributed by atoms with E-state index in [1.807, 2.05) is 67.6 Å². The second kappa shape index (κ2) is 10.6. The van der Waals surface area contributed by atoms with Gasteiger partial charge in [0.2, 0.25) is 11.8 Å². The third-order valence-corrected chi connectivity index (χ3v) is 4.33. The number of halogens is 1. The van der Waals surface area contributed by atoms with Crippen molar-refractivity contribution in [1.29, 1.82) is 0 Å². The van der Waals surface area contributed by atoms with Crippen molar-refractivity contribution in [2.24, 2.45) is 0 Å². The van der Waals surface area contributed by atoms with Crippen molar-refractivity contribution in [1.82, 2.24) is 0 Å². The number of amides is 2. The second-order valence-corrected chi connectivity index (χ2v) is 6.64. The maximum Gasteiger partial charge on any atom is 0.223 e. The van der Waals surface area contributed by atoms with Gasteiger partial charge in [0.15, 0.2) is 0 Å². The van der Waals surface area contributed by atoms with Crippen molar-refractivity contribution in [3.8, 4) is 0 Å². The van der Waals surface area contributed by atoms with Gasteiger partial charge in [-0.1, -0.05) is 40.2 Å². The summed E-state index contributed by atoms with van der Waals surface area (Å²) < 4.78 is 1.02. The predicted molar refractivity (Wildman–Crippen MR) is 113 cm³/mol. The molecule has 0 saturated heterocycles. The van der Waals surface area contributed by atoms with E-state index in [1.54, 1.807) is 37.7 Å². The summed E-state index contributed by atoms with van der Waals surface area (Å²) in [6.07, 6.45) is 4.02. The zero-order chi connectivity index (χ0) is 19.7. The number of hydrogen-bond donors (Lipinski definition) is 0. The number of benzene rings is 2. The van der Waals surface area contributed by atoms with Crippen LogP contribution in [0.2, 0.25) is 0 Å². The van der Waals surface area contributed by atoms with Gasteiger partial charge >= 0.3 is 0 Å². The molecule has 0 N–H and O–H groups in total. The van der Waals surface area contributed by atoms with Gasteiger partial charge in [-0.2, -0.15) is 0 Å². The summed E-state index contributed by atoms with van der Waals surface area (Å²) in [5.41, 5.74) is 2.98. The molecule has 0 aliphatic rings. The molecule has 5 heteroatoms. The molecule has 0 atom stereocenters. The predicted octanol–water partition coefficient (Wildman–Crippen LogP) is 5.13. The van der Waals surface area contributed by atoms with Crippen LogP contribution in [0.1, 0.15) is 26.3 Å². The molecule has 26 heavy (non-hydrogen) atoms. The number of carbonyl (C=O) groups is 2. The van der Waals surface area contributed by atoms with E-state index in [4.69, 9.17) is 0 Å². The van der Waals surface area contributed by atoms with Gasteiger partial charge in [-0.3, -0.25) is 9.59 Å². The fourth-order valence-electron chi connectivity index (χ4n) is 2.03. The van der Waals surface area contributed by atoms with Gasteiger partial charge in [-0.25, -0.2) is 0 Å². The first-order chi connectivity index (χ1) is 12.3. The van der Waals surface area contributed by atoms with Gasteiger partial charge in [-0.05, 0) is 48.9 Å². The van der Waals surface area contributed by atoms with E-state index in [0.29, 0.717) is 0 Å². The van der Waals surface area contributed by atoms with Crippen molar-refractivity contribution in [3.63, 3.8) is 0 Å². The highest BCUT2D eigenvalue weighted by Crippen LogP contribution is 2.17. The van der Waals surface area contributed by atoms with Gasteiger partial charge in [0.1, 0.15) is 0 Å². The van der Waals surface area contributed by atoms with Crippen LogP contribution >= 0.6 is 15.9 Å². The summed E-state index contributed by atoms with van der Waals surface area (Å²) in [4.78, 5) is 25.2. The van der Waals surface area contributed by atoms with Crippen LogP contribution in [0.4, 0.5) is 11.4 Å². The Kier molecular flexibility index (Phi) is 8.79. The van der Waals surface area contributed by atoms with Gasteiger partial charge in [0.25, 0.3) is 0 Å². The van der Waals surface area contributed by atoms with Gasteiger partial charge in [-0.15, -0.1) is 0 Å². The molecule has 138 valence electrons. The number of allylic oxidation sites excluding steroid dienone is 1. The van der Waals surface area contributed by atoms with Crippen LogP contribution < -0.4 is 9.80 Å². The van der Waals surface area contributed by atoms with Crippen LogP contribution in [0.25, 0.3) is 6.08 Å². The van der Waals surface area contributed by atoms with E-state index in [2.05, 4.69) is 15.9 Å². The molecule has 0 spiro atoms. The third kappa shape index (κ3) is 6.84. The Hall–Kier alpha value is -2.40. The second-order valence-electron chi connectivity index (χ2n) is 5.72. The molecule has 0 fully saturated rings. The molecule has 2 aromatic rings. The first-order valence-corrected chi connectivity index (χ1v) is 9.02. The SMILES string of the molecule is C/C=C/c1ccc(N(C)C(C)=O)cc1.CC(=O)N(C)c1ccc(Br)cc1. The third-order valence-electron chi connectivity index (χ3n) is 3.80. The smallest absolute Gasteiger partial charge is 0.223 e. The molecule has 0 unspecified atom stereocenters. The Labute approximate surface area is 164 Å². The minimum Gasteiger partial charge on any atom is -0.316 e. The normalized spacial score (nSPS) is 10.1. The zero-order valence-corrected chi connectivity index (χ0v) is 17.4. The van der Waals surface area contributed by atoms with E-state index in [1.165, 1.54) is 0 Å².